The number of ether oxygens (including phenoxy) is 2. The predicted octanol–water partition coefficient (Wildman–Crippen LogP) is 2.02. The maximum Gasteiger partial charge on any atom is 0.303 e. The molecule has 0 radical (unpaired) electrons. The molecule has 1 aliphatic heterocycles. The third-order valence-electron chi connectivity index (χ3n) is 3.09. The Morgan fingerprint density at radius 3 is 2.74 bits per heavy atom. The first-order chi connectivity index (χ1) is 9.24. The Morgan fingerprint density at radius 2 is 2.00 bits per heavy atom. The molecule has 0 spiro atoms. The second kappa shape index (κ2) is 4.76. The van der Waals surface area contributed by atoms with Crippen LogP contribution in [0.1, 0.15) is 12.1 Å². The van der Waals surface area contributed by atoms with Gasteiger partial charge in [0.1, 0.15) is 13.2 Å². The molecule has 3 rings (SSSR count). The maximum atomic E-state index is 10.7. The zero-order chi connectivity index (χ0) is 13.2. The number of fused-ring (bicyclic) bond motifs is 2. The normalized spacial score (nSPS) is 13.5. The van der Waals surface area contributed by atoms with Crippen molar-refractivity contribution in [2.24, 2.45) is 0 Å². The number of benzene rings is 1. The summed E-state index contributed by atoms with van der Waals surface area (Å²) in [4.78, 5) is 14.9. The fraction of sp³-hybridized carbons (Fsp3) is 0.286. The lowest BCUT2D eigenvalue weighted by Crippen LogP contribution is -2.15. The fourth-order valence-electron chi connectivity index (χ4n) is 2.19. The van der Waals surface area contributed by atoms with Crippen LogP contribution in [-0.4, -0.2) is 29.3 Å². The van der Waals surface area contributed by atoms with Crippen molar-refractivity contribution in [3.8, 4) is 11.5 Å². The molecule has 0 amide bonds. The number of carboxylic acids is 1. The molecule has 5 heteroatoms. The lowest BCUT2D eigenvalue weighted by atomic mass is 10.1. The van der Waals surface area contributed by atoms with Crippen LogP contribution in [0.3, 0.4) is 0 Å². The molecule has 2 aromatic rings. The Labute approximate surface area is 109 Å². The minimum Gasteiger partial charge on any atom is -0.486 e. The van der Waals surface area contributed by atoms with Gasteiger partial charge < -0.3 is 14.6 Å². The molecule has 0 unspecified atom stereocenters. The fourth-order valence-corrected chi connectivity index (χ4v) is 2.19. The molecule has 2 heterocycles. The van der Waals surface area contributed by atoms with Gasteiger partial charge in [-0.25, -0.2) is 0 Å². The first-order valence-corrected chi connectivity index (χ1v) is 6.13. The second-order valence-corrected chi connectivity index (χ2v) is 4.37. The zero-order valence-corrected chi connectivity index (χ0v) is 10.3. The molecule has 0 atom stereocenters. The molecule has 1 N–H and O–H groups in total. The average molecular weight is 259 g/mol. The van der Waals surface area contributed by atoms with E-state index in [2.05, 4.69) is 4.98 Å². The number of nitrogens with zero attached hydrogens (tertiary/aromatic N) is 1. The van der Waals surface area contributed by atoms with Crippen LogP contribution in [0.4, 0.5) is 0 Å². The SMILES string of the molecule is O=C(O)CCc1nccc2cc3c(cc12)OCCO3. The van der Waals surface area contributed by atoms with Crippen molar-refractivity contribution in [1.82, 2.24) is 4.98 Å². The van der Waals surface area contributed by atoms with Gasteiger partial charge in [0.2, 0.25) is 0 Å². The molecule has 1 aliphatic rings. The number of pyridine rings is 1. The van der Waals surface area contributed by atoms with Gasteiger partial charge in [-0.2, -0.15) is 0 Å². The number of aryl methyl sites for hydroxylation is 1. The Kier molecular flexibility index (Phi) is 2.95. The molecule has 0 aliphatic carbocycles. The van der Waals surface area contributed by atoms with Crippen molar-refractivity contribution < 1.29 is 19.4 Å². The largest absolute Gasteiger partial charge is 0.486 e. The van der Waals surface area contributed by atoms with E-state index in [9.17, 15) is 4.79 Å². The highest BCUT2D eigenvalue weighted by Gasteiger charge is 2.14. The van der Waals surface area contributed by atoms with Crippen LogP contribution in [0.2, 0.25) is 0 Å². The third-order valence-corrected chi connectivity index (χ3v) is 3.09. The van der Waals surface area contributed by atoms with Gasteiger partial charge in [-0.1, -0.05) is 0 Å². The summed E-state index contributed by atoms with van der Waals surface area (Å²) in [6.45, 7) is 1.08. The summed E-state index contributed by atoms with van der Waals surface area (Å²) < 4.78 is 11.1. The standard InChI is InChI=1S/C14H13NO4/c16-14(17)2-1-11-10-8-13-12(18-5-6-19-13)7-9(10)3-4-15-11/h3-4,7-8H,1-2,5-6H2,(H,16,17). The number of rotatable bonds is 3. The zero-order valence-electron chi connectivity index (χ0n) is 10.3. The Morgan fingerprint density at radius 1 is 1.26 bits per heavy atom. The van der Waals surface area contributed by atoms with Crippen LogP contribution in [0.25, 0.3) is 10.8 Å². The number of aliphatic carboxylic acids is 1. The number of carboxylic acid groups (broad SMARTS) is 1. The lowest BCUT2D eigenvalue weighted by Gasteiger charge is -2.19. The summed E-state index contributed by atoms with van der Waals surface area (Å²) >= 11 is 0. The number of carbonyl (C=O) groups is 1. The molecule has 5 nitrogen and oxygen atoms in total. The van der Waals surface area contributed by atoms with E-state index in [1.807, 2.05) is 18.2 Å². The lowest BCUT2D eigenvalue weighted by molar-refractivity contribution is -0.136. The molecule has 1 aromatic heterocycles. The number of aromatic nitrogens is 1. The Hall–Kier alpha value is -2.30. The summed E-state index contributed by atoms with van der Waals surface area (Å²) in [5, 5.41) is 10.7. The third kappa shape index (κ3) is 2.31. The minimum absolute atomic E-state index is 0.0700. The van der Waals surface area contributed by atoms with Crippen molar-refractivity contribution >= 4 is 16.7 Å². The monoisotopic (exact) mass is 259 g/mol. The van der Waals surface area contributed by atoms with E-state index in [1.165, 1.54) is 0 Å². The van der Waals surface area contributed by atoms with Gasteiger partial charge >= 0.3 is 5.97 Å². The highest BCUT2D eigenvalue weighted by molar-refractivity contribution is 5.88. The van der Waals surface area contributed by atoms with E-state index in [0.29, 0.717) is 25.4 Å². The molecular weight excluding hydrogens is 246 g/mol. The van der Waals surface area contributed by atoms with Crippen molar-refractivity contribution in [3.63, 3.8) is 0 Å². The molecule has 0 bridgehead atoms. The van der Waals surface area contributed by atoms with Gasteiger partial charge in [0.25, 0.3) is 0 Å². The molecular formula is C14H13NO4. The minimum atomic E-state index is -0.823. The van der Waals surface area contributed by atoms with Gasteiger partial charge in [0.15, 0.2) is 11.5 Å². The number of hydrogen-bond donors (Lipinski definition) is 1. The van der Waals surface area contributed by atoms with Gasteiger partial charge in [0.05, 0.1) is 6.42 Å². The van der Waals surface area contributed by atoms with Crippen molar-refractivity contribution in [2.45, 2.75) is 12.8 Å². The van der Waals surface area contributed by atoms with Crippen LogP contribution in [0.15, 0.2) is 24.4 Å². The first kappa shape index (κ1) is 11.8. The summed E-state index contributed by atoms with van der Waals surface area (Å²) in [5.41, 5.74) is 0.775. The summed E-state index contributed by atoms with van der Waals surface area (Å²) in [5.74, 6) is 0.605. The summed E-state index contributed by atoms with van der Waals surface area (Å²) in [7, 11) is 0. The quantitative estimate of drug-likeness (QED) is 0.913. The van der Waals surface area contributed by atoms with E-state index < -0.39 is 5.97 Å². The van der Waals surface area contributed by atoms with Crippen molar-refractivity contribution in [3.05, 3.63) is 30.1 Å². The summed E-state index contributed by atoms with van der Waals surface area (Å²) in [6.07, 6.45) is 2.17. The van der Waals surface area contributed by atoms with Crippen LogP contribution < -0.4 is 9.47 Å². The summed E-state index contributed by atoms with van der Waals surface area (Å²) in [6, 6.07) is 5.68. The highest BCUT2D eigenvalue weighted by Crippen LogP contribution is 2.35. The van der Waals surface area contributed by atoms with E-state index in [0.717, 1.165) is 22.2 Å². The van der Waals surface area contributed by atoms with Gasteiger partial charge in [-0.3, -0.25) is 9.78 Å². The Balaban J connectivity index is 2.05. The van der Waals surface area contributed by atoms with Crippen LogP contribution in [-0.2, 0) is 11.2 Å². The predicted molar refractivity (Wildman–Crippen MR) is 68.7 cm³/mol. The molecule has 1 aromatic carbocycles. The van der Waals surface area contributed by atoms with Crippen LogP contribution in [0.5, 0.6) is 11.5 Å². The van der Waals surface area contributed by atoms with Crippen LogP contribution in [0, 0.1) is 0 Å². The first-order valence-electron chi connectivity index (χ1n) is 6.13. The van der Waals surface area contributed by atoms with Gasteiger partial charge in [0, 0.05) is 23.7 Å². The van der Waals surface area contributed by atoms with E-state index >= 15 is 0 Å². The van der Waals surface area contributed by atoms with Crippen molar-refractivity contribution in [1.29, 1.82) is 0 Å². The molecule has 0 saturated heterocycles. The smallest absolute Gasteiger partial charge is 0.303 e. The topological polar surface area (TPSA) is 68.7 Å². The number of hydrogen-bond acceptors (Lipinski definition) is 4. The maximum absolute atomic E-state index is 10.7. The molecule has 19 heavy (non-hydrogen) atoms. The highest BCUT2D eigenvalue weighted by atomic mass is 16.6. The van der Waals surface area contributed by atoms with Gasteiger partial charge in [-0.15, -0.1) is 0 Å². The van der Waals surface area contributed by atoms with Crippen molar-refractivity contribution in [2.75, 3.05) is 13.2 Å². The van der Waals surface area contributed by atoms with Crippen LogP contribution >= 0.6 is 0 Å². The van der Waals surface area contributed by atoms with Gasteiger partial charge in [-0.05, 0) is 23.6 Å². The molecule has 98 valence electrons. The molecule has 0 saturated carbocycles. The Bertz CT molecular complexity index is 639. The van der Waals surface area contributed by atoms with E-state index in [4.69, 9.17) is 14.6 Å². The van der Waals surface area contributed by atoms with E-state index in [1.54, 1.807) is 6.20 Å². The second-order valence-electron chi connectivity index (χ2n) is 4.37. The molecule has 0 fully saturated rings. The van der Waals surface area contributed by atoms with E-state index in [-0.39, 0.29) is 6.42 Å². The average Bonchev–Trinajstić information content (AvgIpc) is 2.42.